The molecule has 0 aliphatic rings. The molecule has 1 aromatic heterocycles. The van der Waals surface area contributed by atoms with Crippen molar-refractivity contribution in [1.82, 2.24) is 4.98 Å². The van der Waals surface area contributed by atoms with Crippen molar-refractivity contribution < 1.29 is 18.3 Å². The van der Waals surface area contributed by atoms with Gasteiger partial charge in [-0.05, 0) is 0 Å². The number of hydrogen-bond acceptors (Lipinski definition) is 3. The Morgan fingerprint density at radius 2 is 2.07 bits per heavy atom. The summed E-state index contributed by atoms with van der Waals surface area (Å²) in [5.41, 5.74) is 0.0728. The molecule has 0 atom stereocenters. The smallest absolute Gasteiger partial charge is 0.272 e. The highest BCUT2D eigenvalue weighted by atomic mass is 35.5. The molecule has 0 amide bonds. The second-order valence-corrected chi connectivity index (χ2v) is 2.94. The lowest BCUT2D eigenvalue weighted by Gasteiger charge is -2.12. The van der Waals surface area contributed by atoms with Crippen LogP contribution >= 0.6 is 11.6 Å². The van der Waals surface area contributed by atoms with Gasteiger partial charge in [0.05, 0.1) is 25.8 Å². The largest absolute Gasteiger partial charge is 0.496 e. The predicted molar refractivity (Wildman–Crippen MR) is 51.9 cm³/mol. The fraction of sp³-hybridized carbons (Fsp3) is 0.444. The van der Waals surface area contributed by atoms with Gasteiger partial charge in [-0.25, -0.2) is 13.8 Å². The molecule has 15 heavy (non-hydrogen) atoms. The van der Waals surface area contributed by atoms with E-state index in [0.29, 0.717) is 5.69 Å². The van der Waals surface area contributed by atoms with Gasteiger partial charge in [0, 0.05) is 6.07 Å². The standard InChI is InChI=1S/C9H10ClF2NO2/c1-14-6-3-5(4-10)13-9(15-2)7(6)8(11)12/h3,8H,4H2,1-2H3. The van der Waals surface area contributed by atoms with Gasteiger partial charge in [-0.2, -0.15) is 0 Å². The molecule has 0 spiro atoms. The molecule has 3 nitrogen and oxygen atoms in total. The van der Waals surface area contributed by atoms with E-state index in [0.717, 1.165) is 0 Å². The summed E-state index contributed by atoms with van der Waals surface area (Å²) >= 11 is 5.56. The second kappa shape index (κ2) is 5.11. The van der Waals surface area contributed by atoms with E-state index in [9.17, 15) is 8.78 Å². The van der Waals surface area contributed by atoms with E-state index in [-0.39, 0.29) is 23.1 Å². The van der Waals surface area contributed by atoms with Gasteiger partial charge in [0.15, 0.2) is 0 Å². The lowest BCUT2D eigenvalue weighted by Crippen LogP contribution is -2.02. The van der Waals surface area contributed by atoms with Gasteiger partial charge in [-0.1, -0.05) is 0 Å². The molecule has 0 radical (unpaired) electrons. The van der Waals surface area contributed by atoms with Crippen LogP contribution in [0.1, 0.15) is 17.7 Å². The predicted octanol–water partition coefficient (Wildman–Crippen LogP) is 2.78. The van der Waals surface area contributed by atoms with Gasteiger partial charge >= 0.3 is 0 Å². The lowest BCUT2D eigenvalue weighted by atomic mass is 10.2. The quantitative estimate of drug-likeness (QED) is 0.755. The summed E-state index contributed by atoms with van der Waals surface area (Å²) in [6.45, 7) is 0. The molecule has 0 aliphatic heterocycles. The van der Waals surface area contributed by atoms with Crippen LogP contribution in [0.25, 0.3) is 0 Å². The molecule has 0 aromatic carbocycles. The molecule has 0 saturated heterocycles. The average Bonchev–Trinajstić information content (AvgIpc) is 2.26. The van der Waals surface area contributed by atoms with Crippen LogP contribution in [0.15, 0.2) is 6.07 Å². The van der Waals surface area contributed by atoms with E-state index in [1.165, 1.54) is 20.3 Å². The van der Waals surface area contributed by atoms with Crippen LogP contribution in [0.3, 0.4) is 0 Å². The van der Waals surface area contributed by atoms with Crippen LogP contribution in [0, 0.1) is 0 Å². The molecule has 0 fully saturated rings. The first-order valence-electron chi connectivity index (χ1n) is 4.10. The van der Waals surface area contributed by atoms with Crippen molar-refractivity contribution in [3.05, 3.63) is 17.3 Å². The zero-order chi connectivity index (χ0) is 11.4. The summed E-state index contributed by atoms with van der Waals surface area (Å²) in [7, 11) is 2.57. The zero-order valence-corrected chi connectivity index (χ0v) is 9.02. The Morgan fingerprint density at radius 3 is 2.47 bits per heavy atom. The highest BCUT2D eigenvalue weighted by Crippen LogP contribution is 2.36. The third-order valence-electron chi connectivity index (χ3n) is 1.81. The van der Waals surface area contributed by atoms with Crippen LogP contribution in [0.2, 0.25) is 0 Å². The topological polar surface area (TPSA) is 31.4 Å². The number of alkyl halides is 3. The van der Waals surface area contributed by atoms with Crippen LogP contribution in [-0.4, -0.2) is 19.2 Å². The average molecular weight is 238 g/mol. The van der Waals surface area contributed by atoms with Crippen LogP contribution in [0.5, 0.6) is 11.6 Å². The van der Waals surface area contributed by atoms with Crippen molar-refractivity contribution in [2.75, 3.05) is 14.2 Å². The number of ether oxygens (including phenoxy) is 2. The van der Waals surface area contributed by atoms with Gasteiger partial charge in [0.2, 0.25) is 5.88 Å². The normalized spacial score (nSPS) is 10.5. The number of aromatic nitrogens is 1. The van der Waals surface area contributed by atoms with Crippen molar-refractivity contribution in [2.45, 2.75) is 12.3 Å². The fourth-order valence-electron chi connectivity index (χ4n) is 1.15. The zero-order valence-electron chi connectivity index (χ0n) is 8.26. The highest BCUT2D eigenvalue weighted by molar-refractivity contribution is 6.16. The first kappa shape index (κ1) is 12.0. The Kier molecular flexibility index (Phi) is 4.08. The maximum Gasteiger partial charge on any atom is 0.272 e. The minimum atomic E-state index is -2.70. The van der Waals surface area contributed by atoms with Gasteiger partial charge in [-0.3, -0.25) is 0 Å². The summed E-state index contributed by atoms with van der Waals surface area (Å²) in [5, 5.41) is 0. The molecule has 1 rings (SSSR count). The molecule has 0 unspecified atom stereocenters. The van der Waals surface area contributed by atoms with E-state index in [1.807, 2.05) is 0 Å². The van der Waals surface area contributed by atoms with E-state index in [1.54, 1.807) is 0 Å². The third-order valence-corrected chi connectivity index (χ3v) is 2.08. The number of methoxy groups -OCH3 is 2. The van der Waals surface area contributed by atoms with Crippen molar-refractivity contribution in [1.29, 1.82) is 0 Å². The maximum atomic E-state index is 12.7. The molecule has 0 aliphatic carbocycles. The number of rotatable bonds is 4. The summed E-state index contributed by atoms with van der Waals surface area (Å²) in [4.78, 5) is 3.83. The first-order chi connectivity index (χ1) is 7.13. The second-order valence-electron chi connectivity index (χ2n) is 2.67. The lowest BCUT2D eigenvalue weighted by molar-refractivity contribution is 0.141. The summed E-state index contributed by atoms with van der Waals surface area (Å²) < 4.78 is 34.9. The van der Waals surface area contributed by atoms with E-state index >= 15 is 0 Å². The molecule has 1 heterocycles. The minimum Gasteiger partial charge on any atom is -0.496 e. The Hall–Kier alpha value is -1.10. The third kappa shape index (κ3) is 2.47. The van der Waals surface area contributed by atoms with E-state index in [2.05, 4.69) is 4.98 Å². The molecule has 84 valence electrons. The van der Waals surface area contributed by atoms with E-state index in [4.69, 9.17) is 21.1 Å². The molecule has 6 heteroatoms. The number of nitrogens with zero attached hydrogens (tertiary/aromatic N) is 1. The number of halogens is 3. The monoisotopic (exact) mass is 237 g/mol. The Bertz CT molecular complexity index is 322. The minimum absolute atomic E-state index is 0.0347. The molecular weight excluding hydrogens is 228 g/mol. The van der Waals surface area contributed by atoms with Crippen LogP contribution in [-0.2, 0) is 5.88 Å². The molecule has 0 saturated carbocycles. The van der Waals surface area contributed by atoms with Gasteiger partial charge < -0.3 is 9.47 Å². The molecule has 0 bridgehead atoms. The van der Waals surface area contributed by atoms with Crippen molar-refractivity contribution >= 4 is 11.6 Å². The Balaban J connectivity index is 3.32. The summed E-state index contributed by atoms with van der Waals surface area (Å²) in [6, 6.07) is 1.37. The van der Waals surface area contributed by atoms with Crippen molar-refractivity contribution in [3.8, 4) is 11.6 Å². The molecule has 1 aromatic rings. The summed E-state index contributed by atoms with van der Waals surface area (Å²) in [5.74, 6) is -0.0107. The van der Waals surface area contributed by atoms with Gasteiger partial charge in [-0.15, -0.1) is 11.6 Å². The fourth-order valence-corrected chi connectivity index (χ4v) is 1.29. The van der Waals surface area contributed by atoms with Crippen LogP contribution < -0.4 is 9.47 Å². The SMILES string of the molecule is COc1cc(CCl)nc(OC)c1C(F)F. The Morgan fingerprint density at radius 1 is 1.40 bits per heavy atom. The van der Waals surface area contributed by atoms with Crippen LogP contribution in [0.4, 0.5) is 8.78 Å². The number of hydrogen-bond donors (Lipinski definition) is 0. The molecule has 0 N–H and O–H groups in total. The van der Waals surface area contributed by atoms with Gasteiger partial charge in [0.25, 0.3) is 6.43 Å². The van der Waals surface area contributed by atoms with Crippen molar-refractivity contribution in [3.63, 3.8) is 0 Å². The van der Waals surface area contributed by atoms with E-state index < -0.39 is 6.43 Å². The number of pyridine rings is 1. The maximum absolute atomic E-state index is 12.7. The summed E-state index contributed by atoms with van der Waals surface area (Å²) in [6.07, 6.45) is -2.70. The van der Waals surface area contributed by atoms with Crippen molar-refractivity contribution in [2.24, 2.45) is 0 Å². The molecular formula is C9H10ClF2NO2. The van der Waals surface area contributed by atoms with Gasteiger partial charge in [0.1, 0.15) is 11.3 Å². The highest BCUT2D eigenvalue weighted by Gasteiger charge is 2.22. The first-order valence-corrected chi connectivity index (χ1v) is 4.63. The Labute approximate surface area is 91.0 Å².